The standard InChI is InChI=1S/C24H23ClN4O4/c25-19-8-16(9-28-12-24(13-28)14-31-15-24)6-7-20(19)32-18-10-29(11-18)23(30)22-27-26-21(33-22)17-4-2-1-3-5-17/h1-8,18H,9-15H2. The second-order valence-electron chi connectivity index (χ2n) is 9.13. The van der Waals surface area contributed by atoms with Crippen molar-refractivity contribution in [2.75, 3.05) is 39.4 Å². The lowest BCUT2D eigenvalue weighted by atomic mass is 9.78. The number of hydrogen-bond donors (Lipinski definition) is 0. The van der Waals surface area contributed by atoms with Crippen LogP contribution >= 0.6 is 11.6 Å². The van der Waals surface area contributed by atoms with Crippen molar-refractivity contribution in [3.8, 4) is 17.2 Å². The summed E-state index contributed by atoms with van der Waals surface area (Å²) in [6.07, 6.45) is -0.123. The van der Waals surface area contributed by atoms with Gasteiger partial charge in [0.2, 0.25) is 5.89 Å². The van der Waals surface area contributed by atoms with Gasteiger partial charge in [-0.1, -0.05) is 35.9 Å². The molecule has 6 rings (SSSR count). The molecule has 4 heterocycles. The van der Waals surface area contributed by atoms with Gasteiger partial charge in [-0.05, 0) is 29.8 Å². The van der Waals surface area contributed by atoms with Crippen LogP contribution in [0.2, 0.25) is 5.02 Å². The van der Waals surface area contributed by atoms with Crippen LogP contribution in [0.4, 0.5) is 0 Å². The molecular weight excluding hydrogens is 444 g/mol. The molecule has 3 aromatic rings. The molecular formula is C24H23ClN4O4. The molecule has 33 heavy (non-hydrogen) atoms. The maximum absolute atomic E-state index is 12.6. The van der Waals surface area contributed by atoms with Crippen molar-refractivity contribution in [1.29, 1.82) is 0 Å². The first-order chi connectivity index (χ1) is 16.1. The minimum Gasteiger partial charge on any atom is -0.485 e. The van der Waals surface area contributed by atoms with Crippen molar-refractivity contribution < 1.29 is 18.7 Å². The highest BCUT2D eigenvalue weighted by molar-refractivity contribution is 6.32. The normalized spacial score (nSPS) is 19.6. The van der Waals surface area contributed by atoms with Crippen molar-refractivity contribution in [1.82, 2.24) is 20.0 Å². The molecule has 1 spiro atoms. The number of nitrogens with zero attached hydrogens (tertiary/aromatic N) is 4. The Hall–Kier alpha value is -2.94. The van der Waals surface area contributed by atoms with Crippen molar-refractivity contribution in [3.05, 3.63) is 65.0 Å². The SMILES string of the molecule is O=C(c1nnc(-c2ccccc2)o1)N1CC(Oc2ccc(CN3CC4(COC4)C3)cc2Cl)C1. The molecule has 0 aliphatic carbocycles. The molecule has 3 aliphatic rings. The lowest BCUT2D eigenvalue weighted by molar-refractivity contribution is -0.191. The Kier molecular flexibility index (Phi) is 5.09. The summed E-state index contributed by atoms with van der Waals surface area (Å²) in [5.74, 6) is 0.647. The van der Waals surface area contributed by atoms with Crippen LogP contribution in [0.15, 0.2) is 52.9 Å². The number of carbonyl (C=O) groups is 1. The number of halogens is 1. The number of ether oxygens (including phenoxy) is 2. The van der Waals surface area contributed by atoms with Gasteiger partial charge in [-0.15, -0.1) is 10.2 Å². The van der Waals surface area contributed by atoms with E-state index in [0.29, 0.717) is 35.2 Å². The summed E-state index contributed by atoms with van der Waals surface area (Å²) < 4.78 is 16.9. The zero-order valence-electron chi connectivity index (χ0n) is 17.9. The number of rotatable bonds is 6. The van der Waals surface area contributed by atoms with Crippen molar-refractivity contribution in [2.24, 2.45) is 5.41 Å². The largest absolute Gasteiger partial charge is 0.485 e. The number of carbonyl (C=O) groups excluding carboxylic acids is 1. The van der Waals surface area contributed by atoms with Gasteiger partial charge in [-0.25, -0.2) is 0 Å². The van der Waals surface area contributed by atoms with Crippen molar-refractivity contribution in [3.63, 3.8) is 0 Å². The van der Waals surface area contributed by atoms with Crippen LogP contribution in [-0.4, -0.2) is 71.4 Å². The predicted octanol–water partition coefficient (Wildman–Crippen LogP) is 3.13. The summed E-state index contributed by atoms with van der Waals surface area (Å²) in [4.78, 5) is 16.7. The summed E-state index contributed by atoms with van der Waals surface area (Å²) >= 11 is 6.47. The Morgan fingerprint density at radius 3 is 2.61 bits per heavy atom. The molecule has 3 aliphatic heterocycles. The molecule has 170 valence electrons. The van der Waals surface area contributed by atoms with Crippen LogP contribution in [0.25, 0.3) is 11.5 Å². The number of likely N-dealkylation sites (tertiary alicyclic amines) is 2. The fourth-order valence-corrected chi connectivity index (χ4v) is 4.83. The molecule has 1 aromatic heterocycles. The lowest BCUT2D eigenvalue weighted by Gasteiger charge is -2.55. The van der Waals surface area contributed by atoms with Gasteiger partial charge >= 0.3 is 11.8 Å². The van der Waals surface area contributed by atoms with Gasteiger partial charge in [0.25, 0.3) is 0 Å². The third kappa shape index (κ3) is 3.99. The highest BCUT2D eigenvalue weighted by Gasteiger charge is 2.48. The van der Waals surface area contributed by atoms with E-state index >= 15 is 0 Å². The molecule has 0 atom stereocenters. The third-order valence-corrected chi connectivity index (χ3v) is 6.69. The monoisotopic (exact) mass is 466 g/mol. The van der Waals surface area contributed by atoms with E-state index in [1.54, 1.807) is 4.90 Å². The van der Waals surface area contributed by atoms with Crippen LogP contribution in [0.3, 0.4) is 0 Å². The first-order valence-corrected chi connectivity index (χ1v) is 11.4. The van der Waals surface area contributed by atoms with Crippen LogP contribution in [0.1, 0.15) is 16.2 Å². The molecule has 1 amide bonds. The fourth-order valence-electron chi connectivity index (χ4n) is 4.58. The Labute approximate surface area is 196 Å². The Morgan fingerprint density at radius 1 is 1.12 bits per heavy atom. The molecule has 2 aromatic carbocycles. The predicted molar refractivity (Wildman–Crippen MR) is 120 cm³/mol. The van der Waals surface area contributed by atoms with Gasteiger partial charge in [0.05, 0.1) is 31.3 Å². The van der Waals surface area contributed by atoms with E-state index in [1.807, 2.05) is 42.5 Å². The van der Waals surface area contributed by atoms with Crippen molar-refractivity contribution in [2.45, 2.75) is 12.6 Å². The van der Waals surface area contributed by atoms with E-state index in [1.165, 1.54) is 5.56 Å². The third-order valence-electron chi connectivity index (χ3n) is 6.39. The Bertz CT molecular complexity index is 1170. The van der Waals surface area contributed by atoms with Crippen LogP contribution in [-0.2, 0) is 11.3 Å². The minimum atomic E-state index is -0.296. The molecule has 0 unspecified atom stereocenters. The minimum absolute atomic E-state index is 0.0177. The maximum atomic E-state index is 12.6. The number of benzene rings is 2. The second kappa shape index (κ2) is 8.13. The van der Waals surface area contributed by atoms with E-state index in [0.717, 1.165) is 38.4 Å². The Morgan fingerprint density at radius 2 is 1.91 bits per heavy atom. The van der Waals surface area contributed by atoms with Crippen LogP contribution in [0.5, 0.6) is 5.75 Å². The highest BCUT2D eigenvalue weighted by atomic mass is 35.5. The molecule has 3 fully saturated rings. The molecule has 0 N–H and O–H groups in total. The van der Waals surface area contributed by atoms with E-state index in [9.17, 15) is 4.79 Å². The number of aromatic nitrogens is 2. The molecule has 0 saturated carbocycles. The zero-order valence-corrected chi connectivity index (χ0v) is 18.7. The summed E-state index contributed by atoms with van der Waals surface area (Å²) in [5.41, 5.74) is 2.35. The molecule has 0 bridgehead atoms. The molecule has 8 nitrogen and oxygen atoms in total. The quantitative estimate of drug-likeness (QED) is 0.552. The van der Waals surface area contributed by atoms with Gasteiger partial charge < -0.3 is 18.8 Å². The first-order valence-electron chi connectivity index (χ1n) is 11.0. The van der Waals surface area contributed by atoms with Gasteiger partial charge in [0.1, 0.15) is 11.9 Å². The zero-order chi connectivity index (χ0) is 22.4. The fraction of sp³-hybridized carbons (Fsp3) is 0.375. The topological polar surface area (TPSA) is 80.9 Å². The molecule has 9 heteroatoms. The lowest BCUT2D eigenvalue weighted by Crippen LogP contribution is -2.65. The average molecular weight is 467 g/mol. The van der Waals surface area contributed by atoms with Gasteiger partial charge in [0.15, 0.2) is 0 Å². The summed E-state index contributed by atoms with van der Waals surface area (Å²) in [6.45, 7) is 5.71. The first kappa shape index (κ1) is 20.7. The van der Waals surface area contributed by atoms with E-state index in [2.05, 4.69) is 21.2 Å². The summed E-state index contributed by atoms with van der Waals surface area (Å²) in [6, 6.07) is 15.3. The molecule has 0 radical (unpaired) electrons. The summed E-state index contributed by atoms with van der Waals surface area (Å²) in [7, 11) is 0. The second-order valence-corrected chi connectivity index (χ2v) is 9.54. The van der Waals surface area contributed by atoms with Crippen LogP contribution < -0.4 is 4.74 Å². The van der Waals surface area contributed by atoms with Gasteiger partial charge in [-0.2, -0.15) is 0 Å². The van der Waals surface area contributed by atoms with E-state index in [-0.39, 0.29) is 17.9 Å². The smallest absolute Gasteiger partial charge is 0.311 e. The van der Waals surface area contributed by atoms with Gasteiger partial charge in [-0.3, -0.25) is 9.69 Å². The summed E-state index contributed by atoms with van der Waals surface area (Å²) in [5, 5.41) is 8.47. The Balaban J connectivity index is 1.01. The maximum Gasteiger partial charge on any atom is 0.311 e. The average Bonchev–Trinajstić information content (AvgIpc) is 3.23. The highest BCUT2D eigenvalue weighted by Crippen LogP contribution is 2.38. The van der Waals surface area contributed by atoms with E-state index < -0.39 is 0 Å². The van der Waals surface area contributed by atoms with E-state index in [4.69, 9.17) is 25.5 Å². The van der Waals surface area contributed by atoms with Crippen molar-refractivity contribution >= 4 is 17.5 Å². The van der Waals surface area contributed by atoms with Crippen LogP contribution in [0, 0.1) is 5.41 Å². The van der Waals surface area contributed by atoms with Gasteiger partial charge in [0, 0.05) is 30.6 Å². The number of amides is 1. The molecule has 3 saturated heterocycles. The number of hydrogen-bond acceptors (Lipinski definition) is 7.